The van der Waals surface area contributed by atoms with Crippen molar-refractivity contribution < 1.29 is 41.1 Å². The van der Waals surface area contributed by atoms with E-state index in [2.05, 4.69) is 0 Å². The summed E-state index contributed by atoms with van der Waals surface area (Å²) in [6.45, 7) is 4.12. The second-order valence-corrected chi connectivity index (χ2v) is 7.58. The number of fused-ring (bicyclic) bond motifs is 1. The van der Waals surface area contributed by atoms with Crippen LogP contribution in [0.15, 0.2) is 41.3 Å². The highest BCUT2D eigenvalue weighted by molar-refractivity contribution is 7.87. The number of hydrogen-bond donors (Lipinski definition) is 0. The number of carbonyl (C=O) groups excluding carboxylic acids is 2. The summed E-state index contributed by atoms with van der Waals surface area (Å²) in [5.41, 5.74) is -0.0930. The number of esters is 2. The predicted octanol–water partition coefficient (Wildman–Crippen LogP) is 2.58. The van der Waals surface area contributed by atoms with E-state index < -0.39 is 22.1 Å². The molecule has 0 saturated heterocycles. The first-order valence-corrected chi connectivity index (χ1v) is 10.6. The molecule has 0 unspecified atom stereocenters. The molecule has 0 aromatic heterocycles. The van der Waals surface area contributed by atoms with Crippen molar-refractivity contribution in [2.24, 2.45) is 0 Å². The fourth-order valence-electron chi connectivity index (χ4n) is 2.67. The Hall–Kier alpha value is -3.27. The third-order valence-corrected chi connectivity index (χ3v) is 5.18. The molecule has 1 aliphatic rings. The molecule has 0 spiro atoms. The topological polar surface area (TPSA) is 114 Å². The monoisotopic (exact) mass is 436 g/mol. The first-order chi connectivity index (χ1) is 14.3. The van der Waals surface area contributed by atoms with Crippen LogP contribution in [0.25, 0.3) is 0 Å². The van der Waals surface area contributed by atoms with E-state index >= 15 is 0 Å². The summed E-state index contributed by atoms with van der Waals surface area (Å²) in [5.74, 6) is -0.999. The Labute approximate surface area is 173 Å². The summed E-state index contributed by atoms with van der Waals surface area (Å²) in [6.07, 6.45) is 0. The van der Waals surface area contributed by atoms with Crippen molar-refractivity contribution in [3.05, 3.63) is 47.5 Å². The van der Waals surface area contributed by atoms with Crippen LogP contribution in [0, 0.1) is 0 Å². The summed E-state index contributed by atoms with van der Waals surface area (Å²) in [5, 5.41) is 0. The van der Waals surface area contributed by atoms with Crippen LogP contribution in [0.3, 0.4) is 0 Å². The van der Waals surface area contributed by atoms with Gasteiger partial charge in [0.2, 0.25) is 0 Å². The van der Waals surface area contributed by atoms with Crippen molar-refractivity contribution >= 4 is 22.1 Å². The molecule has 9 nitrogen and oxygen atoms in total. The van der Waals surface area contributed by atoms with Crippen molar-refractivity contribution in [1.82, 2.24) is 0 Å². The van der Waals surface area contributed by atoms with Crippen LogP contribution in [-0.4, -0.2) is 46.8 Å². The molecule has 0 N–H and O–H groups in total. The van der Waals surface area contributed by atoms with E-state index in [0.29, 0.717) is 19.0 Å². The lowest BCUT2D eigenvalue weighted by Crippen LogP contribution is -2.17. The zero-order valence-electron chi connectivity index (χ0n) is 16.4. The molecule has 3 rings (SSSR count). The van der Waals surface area contributed by atoms with E-state index in [-0.39, 0.29) is 40.7 Å². The quantitative estimate of drug-likeness (QED) is 0.477. The van der Waals surface area contributed by atoms with Crippen LogP contribution in [0.5, 0.6) is 17.2 Å². The summed E-state index contributed by atoms with van der Waals surface area (Å²) in [4.78, 5) is 24.1. The summed E-state index contributed by atoms with van der Waals surface area (Å²) in [6, 6.07) is 7.66. The molecule has 2 aromatic carbocycles. The average molecular weight is 436 g/mol. The van der Waals surface area contributed by atoms with Gasteiger partial charge >= 0.3 is 22.1 Å². The minimum Gasteiger partial charge on any atom is -0.486 e. The molecule has 160 valence electrons. The van der Waals surface area contributed by atoms with Gasteiger partial charge in [-0.25, -0.2) is 9.59 Å². The Kier molecular flexibility index (Phi) is 6.46. The second-order valence-electron chi connectivity index (χ2n) is 6.03. The molecule has 0 amide bonds. The van der Waals surface area contributed by atoms with Crippen LogP contribution in [0.2, 0.25) is 0 Å². The molecule has 1 heterocycles. The zero-order chi connectivity index (χ0) is 21.7. The Bertz CT molecular complexity index is 1020. The normalized spacial score (nSPS) is 12.7. The fraction of sp³-hybridized carbons (Fsp3) is 0.300. The molecule has 0 aliphatic carbocycles. The summed E-state index contributed by atoms with van der Waals surface area (Å²) >= 11 is 0. The summed E-state index contributed by atoms with van der Waals surface area (Å²) < 4.78 is 51.3. The lowest BCUT2D eigenvalue weighted by Gasteiger charge is -2.18. The van der Waals surface area contributed by atoms with E-state index in [1.807, 2.05) is 0 Å². The largest absolute Gasteiger partial charge is 0.486 e. The van der Waals surface area contributed by atoms with Crippen LogP contribution < -0.4 is 13.7 Å². The first-order valence-electron chi connectivity index (χ1n) is 9.17. The maximum absolute atomic E-state index is 12.8. The molecule has 0 saturated carbocycles. The van der Waals surface area contributed by atoms with E-state index in [1.54, 1.807) is 13.8 Å². The van der Waals surface area contributed by atoms with Crippen LogP contribution in [0.4, 0.5) is 0 Å². The third kappa shape index (κ3) is 4.82. The standard InChI is InChI=1S/C20H20O9S/c1-3-25-19(21)13-9-14(20(22)26-4-2)11-15(10-13)29-30(23,24)16-5-6-17-18(12-16)28-8-7-27-17/h5-6,9-12H,3-4,7-8H2,1-2H3. The van der Waals surface area contributed by atoms with Gasteiger partial charge in [0.05, 0.1) is 24.3 Å². The van der Waals surface area contributed by atoms with Gasteiger partial charge in [0.1, 0.15) is 23.9 Å². The van der Waals surface area contributed by atoms with Crippen molar-refractivity contribution in [2.75, 3.05) is 26.4 Å². The highest BCUT2D eigenvalue weighted by atomic mass is 32.2. The lowest BCUT2D eigenvalue weighted by atomic mass is 10.1. The number of carbonyl (C=O) groups is 2. The number of hydrogen-bond acceptors (Lipinski definition) is 9. The summed E-state index contributed by atoms with van der Waals surface area (Å²) in [7, 11) is -4.30. The van der Waals surface area contributed by atoms with Crippen molar-refractivity contribution in [3.8, 4) is 17.2 Å². The van der Waals surface area contributed by atoms with E-state index in [1.165, 1.54) is 36.4 Å². The highest BCUT2D eigenvalue weighted by Gasteiger charge is 2.23. The molecule has 0 fully saturated rings. The third-order valence-electron chi connectivity index (χ3n) is 3.94. The van der Waals surface area contributed by atoms with Gasteiger partial charge in [-0.05, 0) is 44.2 Å². The van der Waals surface area contributed by atoms with Gasteiger partial charge in [-0.15, -0.1) is 0 Å². The molecule has 2 aromatic rings. The average Bonchev–Trinajstić information content (AvgIpc) is 2.73. The van der Waals surface area contributed by atoms with Gasteiger partial charge < -0.3 is 23.1 Å². The van der Waals surface area contributed by atoms with E-state index in [4.69, 9.17) is 23.1 Å². The Morgan fingerprint density at radius 2 is 1.43 bits per heavy atom. The van der Waals surface area contributed by atoms with Gasteiger partial charge in [0.25, 0.3) is 0 Å². The molecular weight excluding hydrogens is 416 g/mol. The number of ether oxygens (including phenoxy) is 4. The Balaban J connectivity index is 1.95. The Morgan fingerprint density at radius 3 is 2.00 bits per heavy atom. The van der Waals surface area contributed by atoms with Crippen molar-refractivity contribution in [1.29, 1.82) is 0 Å². The minimum atomic E-state index is -4.30. The van der Waals surface area contributed by atoms with Crippen molar-refractivity contribution in [2.45, 2.75) is 18.7 Å². The first kappa shape index (κ1) is 21.4. The molecule has 0 atom stereocenters. The van der Waals surface area contributed by atoms with Gasteiger partial charge in [-0.2, -0.15) is 8.42 Å². The smallest absolute Gasteiger partial charge is 0.339 e. The van der Waals surface area contributed by atoms with Gasteiger partial charge in [-0.1, -0.05) is 0 Å². The van der Waals surface area contributed by atoms with Crippen LogP contribution in [0.1, 0.15) is 34.6 Å². The van der Waals surface area contributed by atoms with Crippen LogP contribution >= 0.6 is 0 Å². The minimum absolute atomic E-state index is 0.0465. The SMILES string of the molecule is CCOC(=O)c1cc(OS(=O)(=O)c2ccc3c(c2)OCCO3)cc(C(=O)OCC)c1. The van der Waals surface area contributed by atoms with Gasteiger partial charge in [-0.3, -0.25) is 0 Å². The molecule has 10 heteroatoms. The molecule has 0 bridgehead atoms. The maximum Gasteiger partial charge on any atom is 0.339 e. The number of benzene rings is 2. The van der Waals surface area contributed by atoms with Gasteiger partial charge in [0.15, 0.2) is 11.5 Å². The molecule has 30 heavy (non-hydrogen) atoms. The lowest BCUT2D eigenvalue weighted by molar-refractivity contribution is 0.0524. The van der Waals surface area contributed by atoms with E-state index in [9.17, 15) is 18.0 Å². The molecular formula is C20H20O9S. The fourth-order valence-corrected chi connectivity index (χ4v) is 3.60. The Morgan fingerprint density at radius 1 is 0.867 bits per heavy atom. The van der Waals surface area contributed by atoms with Crippen LogP contribution in [-0.2, 0) is 19.6 Å². The predicted molar refractivity (Wildman–Crippen MR) is 104 cm³/mol. The zero-order valence-corrected chi connectivity index (χ0v) is 17.2. The van der Waals surface area contributed by atoms with Gasteiger partial charge in [0, 0.05) is 6.07 Å². The van der Waals surface area contributed by atoms with Crippen molar-refractivity contribution in [3.63, 3.8) is 0 Å². The molecule has 0 radical (unpaired) electrons. The second kappa shape index (κ2) is 9.04. The number of rotatable bonds is 7. The maximum atomic E-state index is 12.8. The highest BCUT2D eigenvalue weighted by Crippen LogP contribution is 2.33. The molecule has 1 aliphatic heterocycles. The van der Waals surface area contributed by atoms with E-state index in [0.717, 1.165) is 0 Å².